The van der Waals surface area contributed by atoms with Gasteiger partial charge in [-0.05, 0) is 30.9 Å². The van der Waals surface area contributed by atoms with E-state index < -0.39 is 0 Å². The second-order valence-corrected chi connectivity index (χ2v) is 5.81. The lowest BCUT2D eigenvalue weighted by atomic mass is 10.1. The predicted octanol–water partition coefficient (Wildman–Crippen LogP) is 2.65. The number of ether oxygens (including phenoxy) is 1. The molecule has 0 atom stereocenters. The van der Waals surface area contributed by atoms with E-state index in [4.69, 9.17) is 4.74 Å². The molecule has 22 heavy (non-hydrogen) atoms. The zero-order valence-corrected chi connectivity index (χ0v) is 13.0. The third-order valence-corrected chi connectivity index (χ3v) is 3.60. The van der Waals surface area contributed by atoms with E-state index >= 15 is 0 Å². The lowest BCUT2D eigenvalue weighted by Crippen LogP contribution is -2.31. The van der Waals surface area contributed by atoms with E-state index in [0.717, 1.165) is 6.42 Å². The monoisotopic (exact) mass is 303 g/mol. The molecule has 0 spiro atoms. The zero-order valence-electron chi connectivity index (χ0n) is 13.0. The van der Waals surface area contributed by atoms with E-state index in [1.54, 1.807) is 24.3 Å². The first-order valence-electron chi connectivity index (χ1n) is 7.61. The van der Waals surface area contributed by atoms with Crippen LogP contribution in [-0.2, 0) is 9.53 Å². The number of hydrogen-bond donors (Lipinski definition) is 0. The Bertz CT molecular complexity index is 545. The molecule has 1 aromatic rings. The van der Waals surface area contributed by atoms with Crippen LogP contribution in [0.3, 0.4) is 0 Å². The number of nitrogens with zero attached hydrogens (tertiary/aromatic N) is 1. The van der Waals surface area contributed by atoms with E-state index in [2.05, 4.69) is 13.8 Å². The van der Waals surface area contributed by atoms with Gasteiger partial charge >= 0.3 is 5.97 Å². The van der Waals surface area contributed by atoms with Crippen molar-refractivity contribution in [3.8, 4) is 0 Å². The third-order valence-electron chi connectivity index (χ3n) is 3.60. The molecule has 1 aliphatic rings. The summed E-state index contributed by atoms with van der Waals surface area (Å²) in [6, 6.07) is 6.77. The van der Waals surface area contributed by atoms with Crippen LogP contribution in [0.25, 0.3) is 0 Å². The van der Waals surface area contributed by atoms with Crippen LogP contribution in [0.15, 0.2) is 24.3 Å². The lowest BCUT2D eigenvalue weighted by Gasteiger charge is -2.13. The Morgan fingerprint density at radius 1 is 1.14 bits per heavy atom. The quantitative estimate of drug-likeness (QED) is 0.574. The number of carbonyl (C=O) groups is 3. The van der Waals surface area contributed by atoms with Crippen molar-refractivity contribution in [1.29, 1.82) is 0 Å². The van der Waals surface area contributed by atoms with Crippen LogP contribution < -0.4 is 0 Å². The van der Waals surface area contributed by atoms with Gasteiger partial charge in [-0.3, -0.25) is 19.3 Å². The van der Waals surface area contributed by atoms with Crippen molar-refractivity contribution in [3.63, 3.8) is 0 Å². The maximum absolute atomic E-state index is 12.1. The van der Waals surface area contributed by atoms with Gasteiger partial charge in [0.05, 0.1) is 17.7 Å². The first-order valence-corrected chi connectivity index (χ1v) is 7.61. The fraction of sp³-hybridized carbons (Fsp3) is 0.471. The average Bonchev–Trinajstić information content (AvgIpc) is 2.72. The van der Waals surface area contributed by atoms with Gasteiger partial charge in [0.2, 0.25) is 0 Å². The van der Waals surface area contributed by atoms with Crippen molar-refractivity contribution in [2.24, 2.45) is 5.92 Å². The van der Waals surface area contributed by atoms with Gasteiger partial charge in [-0.2, -0.15) is 0 Å². The van der Waals surface area contributed by atoms with Gasteiger partial charge in [0.15, 0.2) is 0 Å². The molecular formula is C17H21NO4. The molecule has 0 fully saturated rings. The molecule has 1 aliphatic heterocycles. The van der Waals surface area contributed by atoms with Crippen LogP contribution in [-0.4, -0.2) is 35.8 Å². The number of benzene rings is 1. The number of fused-ring (bicyclic) bond motifs is 1. The molecule has 118 valence electrons. The molecular weight excluding hydrogens is 282 g/mol. The molecule has 0 unspecified atom stereocenters. The number of esters is 1. The molecule has 0 saturated heterocycles. The molecule has 0 N–H and O–H groups in total. The average molecular weight is 303 g/mol. The first-order chi connectivity index (χ1) is 10.5. The zero-order chi connectivity index (χ0) is 16.1. The summed E-state index contributed by atoms with van der Waals surface area (Å²) in [5.74, 6) is -0.356. The summed E-state index contributed by atoms with van der Waals surface area (Å²) >= 11 is 0. The molecule has 0 saturated carbocycles. The standard InChI is InChI=1S/C17H21NO4/c1-12(2)9-11-22-15(19)8-5-10-18-16(20)13-6-3-4-7-14(13)17(18)21/h3-4,6-7,12H,5,8-11H2,1-2H3. The van der Waals surface area contributed by atoms with Crippen LogP contribution in [0.2, 0.25) is 0 Å². The Kier molecular flexibility index (Phi) is 5.31. The number of rotatable bonds is 7. The van der Waals surface area contributed by atoms with Crippen molar-refractivity contribution in [2.45, 2.75) is 33.1 Å². The maximum atomic E-state index is 12.1. The van der Waals surface area contributed by atoms with Crippen molar-refractivity contribution in [1.82, 2.24) is 4.90 Å². The van der Waals surface area contributed by atoms with Crippen molar-refractivity contribution >= 4 is 17.8 Å². The molecule has 0 aromatic heterocycles. The van der Waals surface area contributed by atoms with E-state index in [1.807, 2.05) is 0 Å². The minimum atomic E-state index is -0.284. The van der Waals surface area contributed by atoms with Crippen LogP contribution in [0, 0.1) is 5.92 Å². The molecule has 0 aliphatic carbocycles. The number of hydrogen-bond acceptors (Lipinski definition) is 4. The van der Waals surface area contributed by atoms with Gasteiger partial charge in [0, 0.05) is 13.0 Å². The summed E-state index contributed by atoms with van der Waals surface area (Å²) in [6.07, 6.45) is 1.47. The van der Waals surface area contributed by atoms with Gasteiger partial charge in [0.25, 0.3) is 11.8 Å². The Morgan fingerprint density at radius 3 is 2.27 bits per heavy atom. The van der Waals surface area contributed by atoms with E-state index in [1.165, 1.54) is 4.90 Å². The fourth-order valence-electron chi connectivity index (χ4n) is 2.30. The normalized spacial score (nSPS) is 13.7. The minimum Gasteiger partial charge on any atom is -0.466 e. The molecule has 5 nitrogen and oxygen atoms in total. The third kappa shape index (κ3) is 3.72. The number of amides is 2. The molecule has 0 radical (unpaired) electrons. The highest BCUT2D eigenvalue weighted by Crippen LogP contribution is 2.22. The van der Waals surface area contributed by atoms with E-state index in [9.17, 15) is 14.4 Å². The van der Waals surface area contributed by atoms with Crippen LogP contribution >= 0.6 is 0 Å². The van der Waals surface area contributed by atoms with Crippen LogP contribution in [0.5, 0.6) is 0 Å². The minimum absolute atomic E-state index is 0.214. The van der Waals surface area contributed by atoms with Gasteiger partial charge in [-0.1, -0.05) is 26.0 Å². The summed E-state index contributed by atoms with van der Waals surface area (Å²) in [5, 5.41) is 0. The Hall–Kier alpha value is -2.17. The summed E-state index contributed by atoms with van der Waals surface area (Å²) in [6.45, 7) is 4.79. The summed E-state index contributed by atoms with van der Waals surface area (Å²) in [7, 11) is 0. The maximum Gasteiger partial charge on any atom is 0.305 e. The summed E-state index contributed by atoms with van der Waals surface area (Å²) in [5.41, 5.74) is 0.874. The van der Waals surface area contributed by atoms with Crippen LogP contribution in [0.4, 0.5) is 0 Å². The van der Waals surface area contributed by atoms with Gasteiger partial charge < -0.3 is 4.74 Å². The van der Waals surface area contributed by atoms with E-state index in [0.29, 0.717) is 30.1 Å². The number of carbonyl (C=O) groups excluding carboxylic acids is 3. The van der Waals surface area contributed by atoms with Crippen molar-refractivity contribution < 1.29 is 19.1 Å². The van der Waals surface area contributed by atoms with Crippen molar-refractivity contribution in [3.05, 3.63) is 35.4 Å². The molecule has 1 heterocycles. The van der Waals surface area contributed by atoms with Crippen LogP contribution in [0.1, 0.15) is 53.8 Å². The second-order valence-electron chi connectivity index (χ2n) is 5.81. The molecule has 2 amide bonds. The Balaban J connectivity index is 1.78. The van der Waals surface area contributed by atoms with Gasteiger partial charge in [-0.15, -0.1) is 0 Å². The Labute approximate surface area is 130 Å². The predicted molar refractivity (Wildman–Crippen MR) is 81.5 cm³/mol. The van der Waals surface area contributed by atoms with Gasteiger partial charge in [-0.25, -0.2) is 0 Å². The molecule has 5 heteroatoms. The fourth-order valence-corrected chi connectivity index (χ4v) is 2.30. The smallest absolute Gasteiger partial charge is 0.305 e. The topological polar surface area (TPSA) is 63.7 Å². The Morgan fingerprint density at radius 2 is 1.73 bits per heavy atom. The highest BCUT2D eigenvalue weighted by atomic mass is 16.5. The van der Waals surface area contributed by atoms with Gasteiger partial charge in [0.1, 0.15) is 0 Å². The summed E-state index contributed by atoms with van der Waals surface area (Å²) < 4.78 is 5.11. The second kappa shape index (κ2) is 7.20. The SMILES string of the molecule is CC(C)CCOC(=O)CCCN1C(=O)c2ccccc2C1=O. The highest BCUT2D eigenvalue weighted by Gasteiger charge is 2.34. The molecule has 0 bridgehead atoms. The summed E-state index contributed by atoms with van der Waals surface area (Å²) in [4.78, 5) is 37.0. The molecule has 1 aromatic carbocycles. The highest BCUT2D eigenvalue weighted by molar-refractivity contribution is 6.21. The molecule has 2 rings (SSSR count). The van der Waals surface area contributed by atoms with E-state index in [-0.39, 0.29) is 30.7 Å². The number of imide groups is 1. The largest absolute Gasteiger partial charge is 0.466 e. The lowest BCUT2D eigenvalue weighted by molar-refractivity contribution is -0.144. The first kappa shape index (κ1) is 16.2. The van der Waals surface area contributed by atoms with Crippen molar-refractivity contribution in [2.75, 3.05) is 13.2 Å².